The van der Waals surface area contributed by atoms with Gasteiger partial charge in [0, 0.05) is 20.2 Å². The summed E-state index contributed by atoms with van der Waals surface area (Å²) in [5.41, 5.74) is 2.12. The summed E-state index contributed by atoms with van der Waals surface area (Å²) in [6.07, 6.45) is 0. The number of hydrogen-bond donors (Lipinski definition) is 1. The molecule has 0 heterocycles. The van der Waals surface area contributed by atoms with Crippen LogP contribution in [0, 0.1) is 0 Å². The highest BCUT2D eigenvalue weighted by Crippen LogP contribution is 2.28. The van der Waals surface area contributed by atoms with Crippen molar-refractivity contribution >= 4 is 0 Å². The third kappa shape index (κ3) is 5.77. The van der Waals surface area contributed by atoms with Gasteiger partial charge in [-0.25, -0.2) is 0 Å². The second-order valence-corrected chi connectivity index (χ2v) is 4.40. The fraction of sp³-hybridized carbons (Fsp3) is 0.467. The molecule has 4 nitrogen and oxygen atoms in total. The van der Waals surface area contributed by atoms with Gasteiger partial charge in [0.2, 0.25) is 0 Å². The largest absolute Gasteiger partial charge is 0.493 e. The van der Waals surface area contributed by atoms with E-state index in [1.807, 2.05) is 25.1 Å². The monoisotopic (exact) mass is 265 g/mol. The molecule has 1 N–H and O–H groups in total. The van der Waals surface area contributed by atoms with Crippen LogP contribution in [0.15, 0.2) is 30.4 Å². The number of ether oxygens (including phenoxy) is 3. The average molecular weight is 265 g/mol. The Bertz CT molecular complexity index is 404. The second-order valence-electron chi connectivity index (χ2n) is 4.40. The predicted octanol–water partition coefficient (Wildman–Crippen LogP) is 2.39. The molecule has 4 heteroatoms. The van der Waals surface area contributed by atoms with Crippen LogP contribution in [0.2, 0.25) is 0 Å². The number of benzene rings is 1. The first-order chi connectivity index (χ1) is 9.17. The Morgan fingerprint density at radius 3 is 2.68 bits per heavy atom. The maximum Gasteiger partial charge on any atom is 0.161 e. The third-order valence-corrected chi connectivity index (χ3v) is 2.51. The van der Waals surface area contributed by atoms with Crippen molar-refractivity contribution in [1.29, 1.82) is 0 Å². The zero-order chi connectivity index (χ0) is 14.1. The predicted molar refractivity (Wildman–Crippen MR) is 76.9 cm³/mol. The lowest BCUT2D eigenvalue weighted by Crippen LogP contribution is -2.18. The van der Waals surface area contributed by atoms with Gasteiger partial charge in [-0.2, -0.15) is 0 Å². The van der Waals surface area contributed by atoms with Gasteiger partial charge < -0.3 is 19.5 Å². The zero-order valence-electron chi connectivity index (χ0n) is 12.0. The minimum absolute atomic E-state index is 0.497. The smallest absolute Gasteiger partial charge is 0.161 e. The normalized spacial score (nSPS) is 10.3. The fourth-order valence-electron chi connectivity index (χ4n) is 1.55. The highest BCUT2D eigenvalue weighted by atomic mass is 16.5. The molecule has 0 saturated heterocycles. The van der Waals surface area contributed by atoms with Gasteiger partial charge in [0.1, 0.15) is 6.61 Å². The van der Waals surface area contributed by atoms with Crippen molar-refractivity contribution in [3.8, 4) is 11.5 Å². The van der Waals surface area contributed by atoms with Crippen molar-refractivity contribution in [1.82, 2.24) is 5.32 Å². The van der Waals surface area contributed by atoms with E-state index in [4.69, 9.17) is 14.2 Å². The molecule has 0 aliphatic carbocycles. The average Bonchev–Trinajstić information content (AvgIpc) is 2.41. The molecule has 1 aromatic rings. The molecule has 0 saturated carbocycles. The highest BCUT2D eigenvalue weighted by Gasteiger charge is 2.05. The summed E-state index contributed by atoms with van der Waals surface area (Å²) >= 11 is 0. The Labute approximate surface area is 115 Å². The van der Waals surface area contributed by atoms with E-state index in [-0.39, 0.29) is 0 Å². The zero-order valence-corrected chi connectivity index (χ0v) is 12.0. The number of hydrogen-bond acceptors (Lipinski definition) is 4. The van der Waals surface area contributed by atoms with Gasteiger partial charge in [-0.3, -0.25) is 0 Å². The minimum Gasteiger partial charge on any atom is -0.493 e. The fourth-order valence-corrected chi connectivity index (χ4v) is 1.55. The minimum atomic E-state index is 0.497. The lowest BCUT2D eigenvalue weighted by atomic mass is 10.2. The number of rotatable bonds is 9. The Balaban J connectivity index is 2.63. The Morgan fingerprint density at radius 2 is 2.05 bits per heavy atom. The molecule has 0 aromatic heterocycles. The molecule has 0 spiro atoms. The van der Waals surface area contributed by atoms with Crippen molar-refractivity contribution in [3.63, 3.8) is 0 Å². The van der Waals surface area contributed by atoms with Crippen LogP contribution >= 0.6 is 0 Å². The van der Waals surface area contributed by atoms with Gasteiger partial charge in [0.15, 0.2) is 11.5 Å². The van der Waals surface area contributed by atoms with Crippen molar-refractivity contribution in [2.24, 2.45) is 0 Å². The highest BCUT2D eigenvalue weighted by molar-refractivity contribution is 5.43. The molecule has 0 aliphatic rings. The maximum atomic E-state index is 5.68. The Morgan fingerprint density at radius 1 is 1.26 bits per heavy atom. The first-order valence-electron chi connectivity index (χ1n) is 6.31. The molecular formula is C15H23NO3. The number of methoxy groups -OCH3 is 2. The first-order valence-corrected chi connectivity index (χ1v) is 6.31. The van der Waals surface area contributed by atoms with Crippen LogP contribution in [-0.2, 0) is 11.3 Å². The molecule has 0 atom stereocenters. The van der Waals surface area contributed by atoms with E-state index in [9.17, 15) is 0 Å². The van der Waals surface area contributed by atoms with Gasteiger partial charge in [-0.05, 0) is 30.2 Å². The summed E-state index contributed by atoms with van der Waals surface area (Å²) < 4.78 is 15.9. The first kappa shape index (κ1) is 15.5. The number of nitrogens with one attached hydrogen (secondary N) is 1. The lowest BCUT2D eigenvalue weighted by molar-refractivity contribution is 0.199. The quantitative estimate of drug-likeness (QED) is 0.550. The van der Waals surface area contributed by atoms with E-state index in [0.717, 1.165) is 35.7 Å². The van der Waals surface area contributed by atoms with E-state index in [1.165, 1.54) is 0 Å². The molecule has 0 amide bonds. The van der Waals surface area contributed by atoms with Gasteiger partial charge in [-0.1, -0.05) is 12.6 Å². The maximum absolute atomic E-state index is 5.68. The van der Waals surface area contributed by atoms with E-state index in [2.05, 4.69) is 11.9 Å². The van der Waals surface area contributed by atoms with Gasteiger partial charge >= 0.3 is 0 Å². The summed E-state index contributed by atoms with van der Waals surface area (Å²) in [6.45, 7) is 8.56. The van der Waals surface area contributed by atoms with Gasteiger partial charge in [0.05, 0.1) is 13.7 Å². The van der Waals surface area contributed by atoms with Crippen LogP contribution in [0.1, 0.15) is 12.5 Å². The molecule has 19 heavy (non-hydrogen) atoms. The van der Waals surface area contributed by atoms with Gasteiger partial charge in [0.25, 0.3) is 0 Å². The van der Waals surface area contributed by atoms with Crippen LogP contribution < -0.4 is 14.8 Å². The molecule has 106 valence electrons. The van der Waals surface area contributed by atoms with Gasteiger partial charge in [-0.15, -0.1) is 0 Å². The van der Waals surface area contributed by atoms with Crippen molar-refractivity contribution in [2.75, 3.05) is 34.0 Å². The van der Waals surface area contributed by atoms with Crippen LogP contribution in [-0.4, -0.2) is 34.0 Å². The summed E-state index contributed by atoms with van der Waals surface area (Å²) in [5, 5.41) is 3.29. The molecule has 1 aromatic carbocycles. The van der Waals surface area contributed by atoms with Crippen LogP contribution in [0.5, 0.6) is 11.5 Å². The van der Waals surface area contributed by atoms with E-state index in [1.54, 1.807) is 14.2 Å². The summed E-state index contributed by atoms with van der Waals surface area (Å²) in [4.78, 5) is 0. The van der Waals surface area contributed by atoms with E-state index >= 15 is 0 Å². The van der Waals surface area contributed by atoms with Crippen LogP contribution in [0.25, 0.3) is 0 Å². The third-order valence-electron chi connectivity index (χ3n) is 2.51. The van der Waals surface area contributed by atoms with Crippen LogP contribution in [0.3, 0.4) is 0 Å². The molecule has 0 radical (unpaired) electrons. The summed E-state index contributed by atoms with van der Waals surface area (Å²) in [7, 11) is 3.33. The van der Waals surface area contributed by atoms with Crippen molar-refractivity contribution in [2.45, 2.75) is 13.5 Å². The van der Waals surface area contributed by atoms with Crippen molar-refractivity contribution in [3.05, 3.63) is 35.9 Å². The van der Waals surface area contributed by atoms with Crippen LogP contribution in [0.4, 0.5) is 0 Å². The Hall–Kier alpha value is -1.52. The summed E-state index contributed by atoms with van der Waals surface area (Å²) in [6, 6.07) is 5.93. The molecule has 0 fully saturated rings. The molecule has 0 unspecified atom stereocenters. The summed E-state index contributed by atoms with van der Waals surface area (Å²) in [5.74, 6) is 1.48. The topological polar surface area (TPSA) is 39.7 Å². The molecule has 0 bridgehead atoms. The standard InChI is InChI=1S/C15H23NO3/c1-12(2)11-19-15-9-13(5-6-14(15)18-4)10-16-7-8-17-3/h5-6,9,16H,1,7-8,10-11H2,2-4H3. The SMILES string of the molecule is C=C(C)COc1cc(CNCCOC)ccc1OC. The molecular weight excluding hydrogens is 242 g/mol. The molecule has 0 aliphatic heterocycles. The molecule has 1 rings (SSSR count). The van der Waals surface area contributed by atoms with Crippen molar-refractivity contribution < 1.29 is 14.2 Å². The van der Waals surface area contributed by atoms with E-state index < -0.39 is 0 Å². The second kappa shape index (κ2) is 8.56. The lowest BCUT2D eigenvalue weighted by Gasteiger charge is -2.12. The Kier molecular flexibility index (Phi) is 7.00. The van der Waals surface area contributed by atoms with E-state index in [0.29, 0.717) is 13.2 Å².